The van der Waals surface area contributed by atoms with Crippen molar-refractivity contribution in [2.45, 2.75) is 37.8 Å². The number of benzene rings is 1. The zero-order valence-corrected chi connectivity index (χ0v) is 23.1. The number of pyridine rings is 2. The largest absolute Gasteiger partial charge is 0.493 e. The lowest BCUT2D eigenvalue weighted by molar-refractivity contribution is -0.141. The fourth-order valence-corrected chi connectivity index (χ4v) is 5.22. The number of aromatic nitrogens is 2. The van der Waals surface area contributed by atoms with Gasteiger partial charge in [0.15, 0.2) is 5.03 Å². The molecule has 3 aromatic rings. The van der Waals surface area contributed by atoms with Crippen LogP contribution in [0.15, 0.2) is 53.6 Å². The first-order valence-electron chi connectivity index (χ1n) is 12.6. The number of nitrogens with one attached hydrogen (secondary N) is 1. The van der Waals surface area contributed by atoms with Crippen LogP contribution in [-0.2, 0) is 19.6 Å². The molecule has 2 aromatic heterocycles. The molecular formula is C27H36FN5O6S. The summed E-state index contributed by atoms with van der Waals surface area (Å²) in [6, 6.07) is 10.3. The minimum Gasteiger partial charge on any atom is -0.493 e. The Labute approximate surface area is 236 Å². The normalized spacial score (nSPS) is 15.2. The molecule has 218 valence electrons. The van der Waals surface area contributed by atoms with Crippen LogP contribution in [0.25, 0.3) is 11.3 Å². The Hall–Kier alpha value is -4.26. The van der Waals surface area contributed by atoms with Gasteiger partial charge in [-0.25, -0.2) is 23.9 Å². The van der Waals surface area contributed by atoms with Crippen LogP contribution in [0.1, 0.15) is 41.3 Å². The van der Waals surface area contributed by atoms with Gasteiger partial charge in [-0.15, -0.1) is 0 Å². The number of rotatable bonds is 9. The van der Waals surface area contributed by atoms with Gasteiger partial charge in [-0.1, -0.05) is 19.9 Å². The molecule has 1 atom stereocenters. The Balaban J connectivity index is 0.00000308. The van der Waals surface area contributed by atoms with Crippen molar-refractivity contribution in [3.05, 3.63) is 59.9 Å². The number of sulfonamides is 1. The predicted molar refractivity (Wildman–Crippen MR) is 152 cm³/mol. The standard InChI is InChI=1S/C27H30FN5O6S.3H2/c1-16(2)15-39-19-13-17(12-18(28)14-19)21-10-9-20(25(30-21)33-11-5-6-22(33)27(35)38-3)26(34)32-40(36,37)24-8-4-7-23(29)31-24;;;/h4,7-10,12-14,16,22H,5-6,11,15H2,1-3H3,(H2,29,31)(H,32,34);3*1H/t22-;;;/m0.../s1. The van der Waals surface area contributed by atoms with Crippen molar-refractivity contribution in [3.63, 3.8) is 0 Å². The van der Waals surface area contributed by atoms with Gasteiger partial charge in [0.1, 0.15) is 29.2 Å². The molecule has 1 aromatic carbocycles. The van der Waals surface area contributed by atoms with E-state index < -0.39 is 38.8 Å². The molecule has 11 nitrogen and oxygen atoms in total. The molecule has 3 N–H and O–H groups in total. The van der Waals surface area contributed by atoms with Crippen molar-refractivity contribution in [2.24, 2.45) is 5.92 Å². The first-order valence-corrected chi connectivity index (χ1v) is 14.1. The van der Waals surface area contributed by atoms with Gasteiger partial charge in [-0.3, -0.25) is 4.79 Å². The van der Waals surface area contributed by atoms with Gasteiger partial charge >= 0.3 is 5.97 Å². The minimum absolute atomic E-state index is 0. The van der Waals surface area contributed by atoms with Crippen LogP contribution in [0.2, 0.25) is 0 Å². The summed E-state index contributed by atoms with van der Waals surface area (Å²) in [7, 11) is -3.13. The van der Waals surface area contributed by atoms with Crippen molar-refractivity contribution in [1.82, 2.24) is 14.7 Å². The molecule has 13 heteroatoms. The summed E-state index contributed by atoms with van der Waals surface area (Å²) in [6.07, 6.45) is 1.05. The molecule has 0 bridgehead atoms. The quantitative estimate of drug-likeness (QED) is 0.358. The van der Waals surface area contributed by atoms with E-state index in [1.165, 1.54) is 49.6 Å². The van der Waals surface area contributed by atoms with Gasteiger partial charge in [-0.05, 0) is 55.2 Å². The molecule has 40 heavy (non-hydrogen) atoms. The number of methoxy groups -OCH3 is 1. The number of nitrogens with two attached hydrogens (primary N) is 1. The molecular weight excluding hydrogens is 541 g/mol. The molecule has 1 amide bonds. The number of ether oxygens (including phenoxy) is 2. The fraction of sp³-hybridized carbons (Fsp3) is 0.333. The Morgan fingerprint density at radius 3 is 2.67 bits per heavy atom. The number of amides is 1. The maximum atomic E-state index is 14.5. The second-order valence-electron chi connectivity index (χ2n) is 9.66. The molecule has 0 aliphatic carbocycles. The number of carbonyl (C=O) groups excluding carboxylic acids is 2. The van der Waals surface area contributed by atoms with E-state index in [4.69, 9.17) is 15.2 Å². The number of esters is 1. The van der Waals surface area contributed by atoms with Crippen LogP contribution < -0.4 is 20.1 Å². The lowest BCUT2D eigenvalue weighted by atomic mass is 10.1. The van der Waals surface area contributed by atoms with Crippen LogP contribution in [0.3, 0.4) is 0 Å². The average molecular weight is 578 g/mol. The summed E-state index contributed by atoms with van der Waals surface area (Å²) < 4.78 is 52.9. The van der Waals surface area contributed by atoms with Gasteiger partial charge in [0.05, 0.1) is 25.0 Å². The highest BCUT2D eigenvalue weighted by molar-refractivity contribution is 7.90. The van der Waals surface area contributed by atoms with E-state index in [2.05, 4.69) is 9.97 Å². The molecule has 0 unspecified atom stereocenters. The zero-order valence-electron chi connectivity index (χ0n) is 22.3. The van der Waals surface area contributed by atoms with E-state index in [1.807, 2.05) is 18.6 Å². The van der Waals surface area contributed by atoms with Gasteiger partial charge in [0.25, 0.3) is 15.9 Å². The smallest absolute Gasteiger partial charge is 0.328 e. The molecule has 1 saturated heterocycles. The van der Waals surface area contributed by atoms with E-state index in [9.17, 15) is 22.4 Å². The third-order valence-electron chi connectivity index (χ3n) is 6.12. The molecule has 3 heterocycles. The molecule has 1 aliphatic heterocycles. The molecule has 0 radical (unpaired) electrons. The van der Waals surface area contributed by atoms with Gasteiger partial charge in [0, 0.05) is 22.5 Å². The minimum atomic E-state index is -4.39. The molecule has 1 aliphatic rings. The Kier molecular flexibility index (Phi) is 8.52. The summed E-state index contributed by atoms with van der Waals surface area (Å²) in [6.45, 7) is 4.67. The highest BCUT2D eigenvalue weighted by atomic mass is 32.2. The van der Waals surface area contributed by atoms with Gasteiger partial charge < -0.3 is 20.1 Å². The summed E-state index contributed by atoms with van der Waals surface area (Å²) in [5.41, 5.74) is 6.15. The molecule has 0 spiro atoms. The monoisotopic (exact) mass is 577 g/mol. The topological polar surface area (TPSA) is 154 Å². The SMILES string of the molecule is COC(=O)[C@@H]1CCCN1c1nc(-c2cc(F)cc(OCC(C)C)c2)ccc1C(=O)NS(=O)(=O)c1cccc(N)n1.[HH].[HH].[HH]. The van der Waals surface area contributed by atoms with Crippen LogP contribution in [0.4, 0.5) is 16.0 Å². The average Bonchev–Trinajstić information content (AvgIpc) is 3.40. The van der Waals surface area contributed by atoms with Gasteiger partial charge in [-0.2, -0.15) is 8.42 Å². The Morgan fingerprint density at radius 2 is 1.98 bits per heavy atom. The maximum absolute atomic E-state index is 14.5. The number of hydrogen-bond donors (Lipinski definition) is 2. The first kappa shape index (κ1) is 28.7. The van der Waals surface area contributed by atoms with Crippen LogP contribution in [0.5, 0.6) is 5.75 Å². The number of hydrogen-bond acceptors (Lipinski definition) is 10. The summed E-state index contributed by atoms with van der Waals surface area (Å²) in [4.78, 5) is 35.8. The summed E-state index contributed by atoms with van der Waals surface area (Å²) in [5, 5.41) is -0.436. The maximum Gasteiger partial charge on any atom is 0.328 e. The highest BCUT2D eigenvalue weighted by Crippen LogP contribution is 2.32. The Morgan fingerprint density at radius 1 is 1.20 bits per heavy atom. The third kappa shape index (κ3) is 6.47. The van der Waals surface area contributed by atoms with Gasteiger partial charge in [0.2, 0.25) is 0 Å². The lowest BCUT2D eigenvalue weighted by Crippen LogP contribution is -2.39. The van der Waals surface area contributed by atoms with E-state index >= 15 is 0 Å². The summed E-state index contributed by atoms with van der Waals surface area (Å²) in [5.74, 6) is -1.52. The third-order valence-corrected chi connectivity index (χ3v) is 7.35. The number of carbonyl (C=O) groups is 2. The molecule has 4 rings (SSSR count). The van der Waals surface area contributed by atoms with Crippen molar-refractivity contribution < 1.29 is 36.2 Å². The fourth-order valence-electron chi connectivity index (χ4n) is 4.27. The zero-order chi connectivity index (χ0) is 29.0. The van der Waals surface area contributed by atoms with E-state index in [1.54, 1.807) is 11.0 Å². The van der Waals surface area contributed by atoms with Crippen molar-refractivity contribution in [2.75, 3.05) is 30.9 Å². The summed E-state index contributed by atoms with van der Waals surface area (Å²) >= 11 is 0. The number of nitrogens with zero attached hydrogens (tertiary/aromatic N) is 3. The number of anilines is 2. The number of halogens is 1. The predicted octanol–water partition coefficient (Wildman–Crippen LogP) is 3.90. The number of nitrogen functional groups attached to an aromatic ring is 1. The Bertz CT molecular complexity index is 1550. The second-order valence-corrected chi connectivity index (χ2v) is 11.3. The second kappa shape index (κ2) is 11.9. The highest BCUT2D eigenvalue weighted by Gasteiger charge is 2.35. The van der Waals surface area contributed by atoms with Crippen molar-refractivity contribution in [3.8, 4) is 17.0 Å². The van der Waals surface area contributed by atoms with Crippen molar-refractivity contribution >= 4 is 33.5 Å². The van der Waals surface area contributed by atoms with E-state index in [0.29, 0.717) is 37.3 Å². The van der Waals surface area contributed by atoms with Crippen LogP contribution in [0, 0.1) is 11.7 Å². The molecule has 0 saturated carbocycles. The van der Waals surface area contributed by atoms with Crippen LogP contribution >= 0.6 is 0 Å². The van der Waals surface area contributed by atoms with E-state index in [0.717, 1.165) is 0 Å². The van der Waals surface area contributed by atoms with Crippen molar-refractivity contribution in [1.29, 1.82) is 0 Å². The van der Waals surface area contributed by atoms with E-state index in [-0.39, 0.29) is 33.1 Å². The molecule has 1 fully saturated rings. The van der Waals surface area contributed by atoms with Crippen LogP contribution in [-0.4, -0.2) is 56.6 Å². The first-order chi connectivity index (χ1) is 19.0. The lowest BCUT2D eigenvalue weighted by Gasteiger charge is -2.26.